The zero-order valence-electron chi connectivity index (χ0n) is 19.9. The molecule has 4 amide bonds. The van der Waals surface area contributed by atoms with Gasteiger partial charge >= 0.3 is 5.97 Å². The second-order valence-corrected chi connectivity index (χ2v) is 9.89. The van der Waals surface area contributed by atoms with Crippen molar-refractivity contribution in [2.75, 3.05) is 32.8 Å². The fourth-order valence-electron chi connectivity index (χ4n) is 6.01. The van der Waals surface area contributed by atoms with E-state index < -0.39 is 48.7 Å². The Bertz CT molecular complexity index is 882. The zero-order chi connectivity index (χ0) is 25.3. The van der Waals surface area contributed by atoms with E-state index in [0.29, 0.717) is 77.5 Å². The van der Waals surface area contributed by atoms with Gasteiger partial charge in [0.2, 0.25) is 23.6 Å². The molecule has 0 saturated carbocycles. The number of carboxylic acid groups (broad SMARTS) is 1. The van der Waals surface area contributed by atoms with Crippen molar-refractivity contribution in [1.82, 2.24) is 19.6 Å². The maximum absolute atomic E-state index is 13.6. The Labute approximate surface area is 204 Å². The second kappa shape index (κ2) is 10.5. The Kier molecular flexibility index (Phi) is 7.60. The van der Waals surface area contributed by atoms with Crippen LogP contribution in [0.1, 0.15) is 51.4 Å². The molecule has 12 nitrogen and oxygen atoms in total. The van der Waals surface area contributed by atoms with Crippen LogP contribution in [0.25, 0.3) is 0 Å². The van der Waals surface area contributed by atoms with Crippen LogP contribution in [0, 0.1) is 0 Å². The Morgan fingerprint density at radius 3 is 1.40 bits per heavy atom. The summed E-state index contributed by atoms with van der Waals surface area (Å²) in [6.45, 7) is 1.01. The number of hydrogen-bond donors (Lipinski definition) is 3. The lowest BCUT2D eigenvalue weighted by Crippen LogP contribution is -2.57. The lowest BCUT2D eigenvalue weighted by atomic mass is 10.1. The second-order valence-electron chi connectivity index (χ2n) is 9.89. The third kappa shape index (κ3) is 4.73. The van der Waals surface area contributed by atoms with Gasteiger partial charge in [-0.15, -0.1) is 0 Å². The maximum atomic E-state index is 13.6. The van der Waals surface area contributed by atoms with Gasteiger partial charge in [-0.3, -0.25) is 19.2 Å². The number of rotatable bonds is 6. The smallest absolute Gasteiger partial charge is 0.326 e. The third-order valence-electron chi connectivity index (χ3n) is 7.80. The van der Waals surface area contributed by atoms with E-state index in [1.807, 2.05) is 0 Å². The summed E-state index contributed by atoms with van der Waals surface area (Å²) in [5.41, 5.74) is 5.69. The number of nitrogens with two attached hydrogens (primary N) is 1. The van der Waals surface area contributed by atoms with Gasteiger partial charge < -0.3 is 35.5 Å². The van der Waals surface area contributed by atoms with E-state index in [2.05, 4.69) is 0 Å². The van der Waals surface area contributed by atoms with E-state index in [9.17, 15) is 34.2 Å². The summed E-state index contributed by atoms with van der Waals surface area (Å²) in [5, 5.41) is 18.7. The molecule has 0 radical (unpaired) electrons. The molecule has 0 aromatic carbocycles. The molecule has 0 aliphatic carbocycles. The number of likely N-dealkylation sites (tertiary alicyclic amines) is 4. The van der Waals surface area contributed by atoms with Crippen LogP contribution in [0.3, 0.4) is 0 Å². The number of aliphatic carboxylic acids is 1. The van der Waals surface area contributed by atoms with Crippen LogP contribution in [0.5, 0.6) is 0 Å². The number of aliphatic hydroxyl groups excluding tert-OH is 1. The predicted octanol–water partition coefficient (Wildman–Crippen LogP) is -1.65. The molecule has 194 valence electrons. The quantitative estimate of drug-likeness (QED) is 0.396. The monoisotopic (exact) mass is 493 g/mol. The van der Waals surface area contributed by atoms with Crippen molar-refractivity contribution in [3.63, 3.8) is 0 Å². The summed E-state index contributed by atoms with van der Waals surface area (Å²) in [4.78, 5) is 70.3. The molecule has 0 aromatic heterocycles. The van der Waals surface area contributed by atoms with Crippen LogP contribution in [0.2, 0.25) is 0 Å². The molecular weight excluding hydrogens is 458 g/mol. The summed E-state index contributed by atoms with van der Waals surface area (Å²) < 4.78 is 0. The van der Waals surface area contributed by atoms with Crippen LogP contribution in [-0.4, -0.2) is 122 Å². The molecule has 4 N–H and O–H groups in total. The molecule has 4 aliphatic heterocycles. The minimum absolute atomic E-state index is 0.291. The first-order valence-electron chi connectivity index (χ1n) is 12.6. The summed E-state index contributed by atoms with van der Waals surface area (Å²) in [6, 6.07) is -4.09. The Morgan fingerprint density at radius 1 is 0.657 bits per heavy atom. The van der Waals surface area contributed by atoms with E-state index >= 15 is 0 Å². The Hall–Kier alpha value is -2.73. The number of carboxylic acids is 1. The first-order chi connectivity index (χ1) is 16.8. The molecule has 12 heteroatoms. The summed E-state index contributed by atoms with van der Waals surface area (Å²) in [7, 11) is 0. The van der Waals surface area contributed by atoms with Gasteiger partial charge in [0.15, 0.2) is 0 Å². The van der Waals surface area contributed by atoms with Gasteiger partial charge in [-0.1, -0.05) is 0 Å². The summed E-state index contributed by atoms with van der Waals surface area (Å²) >= 11 is 0. The first kappa shape index (κ1) is 25.4. The number of aliphatic hydroxyl groups is 1. The maximum Gasteiger partial charge on any atom is 0.326 e. The van der Waals surface area contributed by atoms with Crippen LogP contribution >= 0.6 is 0 Å². The highest BCUT2D eigenvalue weighted by molar-refractivity contribution is 5.96. The molecule has 4 heterocycles. The molecule has 5 atom stereocenters. The average Bonchev–Trinajstić information content (AvgIpc) is 3.66. The third-order valence-corrected chi connectivity index (χ3v) is 7.80. The van der Waals surface area contributed by atoms with Crippen molar-refractivity contribution in [1.29, 1.82) is 0 Å². The van der Waals surface area contributed by atoms with Gasteiger partial charge in [-0.05, 0) is 51.4 Å². The minimum atomic E-state index is -1.09. The first-order valence-corrected chi connectivity index (χ1v) is 12.6. The molecule has 4 aliphatic rings. The minimum Gasteiger partial charge on any atom is -0.480 e. The van der Waals surface area contributed by atoms with E-state index in [0.717, 1.165) is 0 Å². The van der Waals surface area contributed by atoms with Gasteiger partial charge in [-0.2, -0.15) is 0 Å². The lowest BCUT2D eigenvalue weighted by Gasteiger charge is -2.35. The highest BCUT2D eigenvalue weighted by Gasteiger charge is 2.47. The fourth-order valence-corrected chi connectivity index (χ4v) is 6.01. The molecule has 4 saturated heterocycles. The topological polar surface area (TPSA) is 165 Å². The highest BCUT2D eigenvalue weighted by atomic mass is 16.4. The van der Waals surface area contributed by atoms with Crippen molar-refractivity contribution in [3.05, 3.63) is 0 Å². The zero-order valence-corrected chi connectivity index (χ0v) is 19.9. The molecule has 35 heavy (non-hydrogen) atoms. The molecule has 0 bridgehead atoms. The van der Waals surface area contributed by atoms with Crippen molar-refractivity contribution >= 4 is 29.6 Å². The lowest BCUT2D eigenvalue weighted by molar-refractivity contribution is -0.154. The van der Waals surface area contributed by atoms with Crippen LogP contribution in [0.15, 0.2) is 0 Å². The summed E-state index contributed by atoms with van der Waals surface area (Å²) in [6.07, 6.45) is 4.34. The highest BCUT2D eigenvalue weighted by Crippen LogP contribution is 2.30. The van der Waals surface area contributed by atoms with Gasteiger partial charge in [-0.25, -0.2) is 4.79 Å². The van der Waals surface area contributed by atoms with E-state index in [4.69, 9.17) is 5.73 Å². The number of hydrogen-bond acceptors (Lipinski definition) is 7. The molecule has 4 rings (SSSR count). The molecule has 0 aromatic rings. The normalized spacial score (nSPS) is 29.7. The van der Waals surface area contributed by atoms with Crippen molar-refractivity contribution in [2.45, 2.75) is 81.6 Å². The fraction of sp³-hybridized carbons (Fsp3) is 0.783. The van der Waals surface area contributed by atoms with Crippen molar-refractivity contribution < 1.29 is 34.2 Å². The average molecular weight is 494 g/mol. The van der Waals surface area contributed by atoms with E-state index in [1.165, 1.54) is 19.6 Å². The number of carbonyl (C=O) groups excluding carboxylic acids is 4. The van der Waals surface area contributed by atoms with Crippen molar-refractivity contribution in [2.24, 2.45) is 5.73 Å². The summed E-state index contributed by atoms with van der Waals surface area (Å²) in [5.74, 6) is -2.43. The van der Waals surface area contributed by atoms with Crippen LogP contribution in [0.4, 0.5) is 0 Å². The number of nitrogens with zero attached hydrogens (tertiary/aromatic N) is 4. The molecular formula is C23H35N5O7. The largest absolute Gasteiger partial charge is 0.480 e. The SMILES string of the molecule is NC(CO)C(=O)N1CCCC1C(=O)N1CCCC1C(=O)N1CCCC1C(=O)N1CCCC1C(=O)O. The van der Waals surface area contributed by atoms with E-state index in [1.54, 1.807) is 0 Å². The number of amides is 4. The van der Waals surface area contributed by atoms with Gasteiger partial charge in [0, 0.05) is 26.2 Å². The standard InChI is InChI=1S/C23H35N5O7/c24-14(13-29)19(30)25-9-1-5-15(25)20(31)26-10-2-6-16(26)21(32)27-11-3-7-17(27)22(33)28-12-4-8-18(28)23(34)35/h14-18,29H,1-13,24H2,(H,34,35). The Morgan fingerprint density at radius 2 is 1.00 bits per heavy atom. The predicted molar refractivity (Wildman–Crippen MR) is 122 cm³/mol. The van der Waals surface area contributed by atoms with Gasteiger partial charge in [0.25, 0.3) is 0 Å². The van der Waals surface area contributed by atoms with Crippen LogP contribution in [-0.2, 0) is 24.0 Å². The van der Waals surface area contributed by atoms with Crippen LogP contribution < -0.4 is 5.73 Å². The Balaban J connectivity index is 1.47. The molecule has 4 fully saturated rings. The van der Waals surface area contributed by atoms with Crippen molar-refractivity contribution in [3.8, 4) is 0 Å². The number of carbonyl (C=O) groups is 5. The van der Waals surface area contributed by atoms with Gasteiger partial charge in [0.05, 0.1) is 6.61 Å². The van der Waals surface area contributed by atoms with Gasteiger partial charge in [0.1, 0.15) is 30.2 Å². The molecule has 0 spiro atoms. The van der Waals surface area contributed by atoms with E-state index in [-0.39, 0.29) is 17.7 Å². The molecule has 5 unspecified atom stereocenters.